The first-order chi connectivity index (χ1) is 14.4. The van der Waals surface area contributed by atoms with Gasteiger partial charge in [0, 0.05) is 44.8 Å². The van der Waals surface area contributed by atoms with Crippen molar-refractivity contribution in [1.82, 2.24) is 24.0 Å². The number of carbonyl (C=O) groups is 1. The van der Waals surface area contributed by atoms with Crippen molar-refractivity contribution in [3.8, 4) is 0 Å². The highest BCUT2D eigenvalue weighted by Crippen LogP contribution is 2.17. The molecule has 0 radical (unpaired) electrons. The number of aromatic nitrogens is 4. The standard InChI is InChI=1S/C21H33N5O3S/c1-4-5-10-25-19-18(20(28)23-21(25)29)26(14-15(2)3)16(22-19)7-8-17(27)24-9-6-12-30-13-11-24/h15H,4-14H2,1-3H3,(H,23,28,29). The summed E-state index contributed by atoms with van der Waals surface area (Å²) < 4.78 is 3.47. The molecule has 1 N–H and O–H groups in total. The number of H-pyrrole nitrogens is 1. The number of amides is 1. The highest BCUT2D eigenvalue weighted by atomic mass is 32.2. The van der Waals surface area contributed by atoms with E-state index >= 15 is 0 Å². The second-order valence-electron chi connectivity index (χ2n) is 8.32. The lowest BCUT2D eigenvalue weighted by Gasteiger charge is -2.20. The maximum absolute atomic E-state index is 12.8. The summed E-state index contributed by atoms with van der Waals surface area (Å²) in [6.45, 7) is 8.96. The molecule has 0 aliphatic carbocycles. The molecule has 0 aromatic carbocycles. The van der Waals surface area contributed by atoms with E-state index in [4.69, 9.17) is 4.98 Å². The summed E-state index contributed by atoms with van der Waals surface area (Å²) >= 11 is 1.89. The van der Waals surface area contributed by atoms with Crippen LogP contribution in [0.25, 0.3) is 11.2 Å². The Bertz CT molecular complexity index is 983. The van der Waals surface area contributed by atoms with Gasteiger partial charge in [-0.05, 0) is 24.5 Å². The number of hydrogen-bond donors (Lipinski definition) is 1. The minimum Gasteiger partial charge on any atom is -0.342 e. The molecule has 0 atom stereocenters. The van der Waals surface area contributed by atoms with E-state index in [9.17, 15) is 14.4 Å². The minimum atomic E-state index is -0.417. The van der Waals surface area contributed by atoms with Crippen molar-refractivity contribution in [2.75, 3.05) is 24.6 Å². The van der Waals surface area contributed by atoms with E-state index in [2.05, 4.69) is 25.8 Å². The van der Waals surface area contributed by atoms with Gasteiger partial charge >= 0.3 is 5.69 Å². The van der Waals surface area contributed by atoms with Crippen molar-refractivity contribution < 1.29 is 4.79 Å². The highest BCUT2D eigenvalue weighted by molar-refractivity contribution is 7.99. The van der Waals surface area contributed by atoms with E-state index in [1.54, 1.807) is 4.57 Å². The predicted octanol–water partition coefficient (Wildman–Crippen LogP) is 2.24. The molecule has 0 spiro atoms. The normalized spacial score (nSPS) is 15.1. The average Bonchev–Trinajstić information content (AvgIpc) is 2.87. The monoisotopic (exact) mass is 435 g/mol. The van der Waals surface area contributed by atoms with Gasteiger partial charge in [0.15, 0.2) is 11.2 Å². The third kappa shape index (κ3) is 5.17. The molecule has 3 heterocycles. The van der Waals surface area contributed by atoms with Crippen LogP contribution >= 0.6 is 11.8 Å². The van der Waals surface area contributed by atoms with Gasteiger partial charge in [0.1, 0.15) is 5.82 Å². The predicted molar refractivity (Wildman–Crippen MR) is 121 cm³/mol. The molecule has 0 unspecified atom stereocenters. The molecule has 0 saturated carbocycles. The molecular weight excluding hydrogens is 402 g/mol. The molecule has 30 heavy (non-hydrogen) atoms. The van der Waals surface area contributed by atoms with Crippen LogP contribution in [0.4, 0.5) is 0 Å². The van der Waals surface area contributed by atoms with Gasteiger partial charge in [-0.3, -0.25) is 19.1 Å². The molecular formula is C21H33N5O3S. The second-order valence-corrected chi connectivity index (χ2v) is 9.54. The topological polar surface area (TPSA) is 93.0 Å². The van der Waals surface area contributed by atoms with Crippen LogP contribution in [0.2, 0.25) is 0 Å². The fraction of sp³-hybridized carbons (Fsp3) is 0.714. The van der Waals surface area contributed by atoms with Crippen LogP contribution in [-0.4, -0.2) is 54.5 Å². The second kappa shape index (κ2) is 10.3. The summed E-state index contributed by atoms with van der Waals surface area (Å²) in [5.74, 6) is 3.23. The van der Waals surface area contributed by atoms with E-state index < -0.39 is 11.2 Å². The summed E-state index contributed by atoms with van der Waals surface area (Å²) in [6.07, 6.45) is 3.63. The first kappa shape index (κ1) is 22.7. The van der Waals surface area contributed by atoms with Crippen molar-refractivity contribution in [3.63, 3.8) is 0 Å². The van der Waals surface area contributed by atoms with Crippen molar-refractivity contribution in [2.45, 2.75) is 66.0 Å². The fourth-order valence-corrected chi connectivity index (χ4v) is 4.75. The molecule has 1 aliphatic rings. The Labute approximate surface area is 181 Å². The lowest BCUT2D eigenvalue weighted by molar-refractivity contribution is -0.130. The Morgan fingerprint density at radius 1 is 1.20 bits per heavy atom. The lowest BCUT2D eigenvalue weighted by atomic mass is 10.2. The maximum Gasteiger partial charge on any atom is 0.330 e. The molecule has 166 valence electrons. The zero-order valence-electron chi connectivity index (χ0n) is 18.3. The maximum atomic E-state index is 12.8. The number of nitrogens with one attached hydrogen (secondary N) is 1. The largest absolute Gasteiger partial charge is 0.342 e. The summed E-state index contributed by atoms with van der Waals surface area (Å²) in [7, 11) is 0. The average molecular weight is 436 g/mol. The Hall–Kier alpha value is -2.03. The van der Waals surface area contributed by atoms with Gasteiger partial charge in [-0.2, -0.15) is 11.8 Å². The van der Waals surface area contributed by atoms with Gasteiger partial charge in [-0.15, -0.1) is 0 Å². The third-order valence-electron chi connectivity index (χ3n) is 5.39. The van der Waals surface area contributed by atoms with Crippen LogP contribution in [0, 0.1) is 5.92 Å². The quantitative estimate of drug-likeness (QED) is 0.686. The van der Waals surface area contributed by atoms with Gasteiger partial charge in [0.25, 0.3) is 5.56 Å². The number of fused-ring (bicyclic) bond motifs is 1. The SMILES string of the molecule is CCCCn1c(=O)[nH]c(=O)c2c1nc(CCC(=O)N1CCCSCC1)n2CC(C)C. The summed E-state index contributed by atoms with van der Waals surface area (Å²) in [4.78, 5) is 46.9. The van der Waals surface area contributed by atoms with Crippen LogP contribution in [0.1, 0.15) is 52.3 Å². The van der Waals surface area contributed by atoms with Gasteiger partial charge in [0.05, 0.1) is 0 Å². The zero-order chi connectivity index (χ0) is 21.7. The number of aryl methyl sites for hydroxylation is 2. The van der Waals surface area contributed by atoms with Crippen LogP contribution in [-0.2, 0) is 24.3 Å². The van der Waals surface area contributed by atoms with Gasteiger partial charge in [0.2, 0.25) is 5.91 Å². The number of aromatic amines is 1. The highest BCUT2D eigenvalue weighted by Gasteiger charge is 2.21. The number of thioether (sulfide) groups is 1. The lowest BCUT2D eigenvalue weighted by Crippen LogP contribution is -2.33. The van der Waals surface area contributed by atoms with E-state index in [0.29, 0.717) is 48.8 Å². The summed E-state index contributed by atoms with van der Waals surface area (Å²) in [5, 5.41) is 0. The number of rotatable bonds is 8. The Kier molecular flexibility index (Phi) is 7.80. The van der Waals surface area contributed by atoms with E-state index in [-0.39, 0.29) is 5.91 Å². The molecule has 1 amide bonds. The molecule has 1 saturated heterocycles. The van der Waals surface area contributed by atoms with E-state index in [0.717, 1.165) is 43.9 Å². The fourth-order valence-electron chi connectivity index (χ4n) is 3.87. The van der Waals surface area contributed by atoms with Crippen molar-refractivity contribution in [1.29, 1.82) is 0 Å². The number of imidazole rings is 1. The molecule has 1 fully saturated rings. The third-order valence-corrected chi connectivity index (χ3v) is 6.43. The molecule has 8 nitrogen and oxygen atoms in total. The zero-order valence-corrected chi connectivity index (χ0v) is 19.1. The molecule has 0 bridgehead atoms. The number of unbranched alkanes of at least 4 members (excludes halogenated alkanes) is 1. The minimum absolute atomic E-state index is 0.137. The van der Waals surface area contributed by atoms with Crippen LogP contribution in [0.15, 0.2) is 9.59 Å². The van der Waals surface area contributed by atoms with Crippen molar-refractivity contribution in [3.05, 3.63) is 26.7 Å². The summed E-state index contributed by atoms with van der Waals surface area (Å²) in [6, 6.07) is 0. The Morgan fingerprint density at radius 3 is 2.73 bits per heavy atom. The number of hydrogen-bond acceptors (Lipinski definition) is 5. The Morgan fingerprint density at radius 2 is 2.00 bits per heavy atom. The smallest absolute Gasteiger partial charge is 0.330 e. The van der Waals surface area contributed by atoms with E-state index in [1.165, 1.54) is 0 Å². The molecule has 9 heteroatoms. The van der Waals surface area contributed by atoms with Gasteiger partial charge < -0.3 is 9.47 Å². The van der Waals surface area contributed by atoms with Crippen LogP contribution < -0.4 is 11.2 Å². The van der Waals surface area contributed by atoms with Crippen LogP contribution in [0.3, 0.4) is 0 Å². The first-order valence-corrected chi connectivity index (χ1v) is 12.2. The van der Waals surface area contributed by atoms with Crippen molar-refractivity contribution in [2.24, 2.45) is 5.92 Å². The van der Waals surface area contributed by atoms with E-state index in [1.807, 2.05) is 21.2 Å². The Balaban J connectivity index is 1.94. The summed E-state index contributed by atoms with van der Waals surface area (Å²) in [5.41, 5.74) is 0.0531. The molecule has 1 aliphatic heterocycles. The van der Waals surface area contributed by atoms with Gasteiger partial charge in [-0.1, -0.05) is 27.2 Å². The molecule has 3 rings (SSSR count). The van der Waals surface area contributed by atoms with Crippen molar-refractivity contribution >= 4 is 28.8 Å². The first-order valence-electron chi connectivity index (χ1n) is 11.0. The number of carbonyl (C=O) groups excluding carboxylic acids is 1. The van der Waals surface area contributed by atoms with Gasteiger partial charge in [-0.25, -0.2) is 9.78 Å². The molecule has 2 aromatic rings. The number of nitrogens with zero attached hydrogens (tertiary/aromatic N) is 4. The van der Waals surface area contributed by atoms with Crippen LogP contribution in [0.5, 0.6) is 0 Å². The molecule has 2 aromatic heterocycles.